The number of nitro groups is 1. The molecular weight excluding hydrogens is 278 g/mol. The van der Waals surface area contributed by atoms with E-state index in [2.05, 4.69) is 10.6 Å². The molecule has 2 N–H and O–H groups in total. The monoisotopic (exact) mass is 297 g/mol. The molecule has 1 rings (SSSR count). The summed E-state index contributed by atoms with van der Waals surface area (Å²) in [7, 11) is 1.68. The van der Waals surface area contributed by atoms with Gasteiger partial charge in [-0.15, -0.1) is 0 Å². The first-order valence-corrected chi connectivity index (χ1v) is 7.65. The zero-order valence-corrected chi connectivity index (χ0v) is 12.6. The first-order chi connectivity index (χ1) is 9.49. The SMILES string of the molecule is CNc1ccc([N+](=O)[O-])cc1C(=O)NC(C)CCSC. The molecule has 7 heteroatoms. The minimum absolute atomic E-state index is 0.0268. The van der Waals surface area contributed by atoms with Gasteiger partial charge in [0.05, 0.1) is 10.5 Å². The van der Waals surface area contributed by atoms with Gasteiger partial charge in [-0.2, -0.15) is 11.8 Å². The number of carbonyl (C=O) groups is 1. The summed E-state index contributed by atoms with van der Waals surface area (Å²) < 4.78 is 0. The molecule has 0 saturated heterocycles. The highest BCUT2D eigenvalue weighted by atomic mass is 32.2. The Morgan fingerprint density at radius 2 is 2.20 bits per heavy atom. The molecule has 0 radical (unpaired) electrons. The third-order valence-electron chi connectivity index (χ3n) is 2.86. The van der Waals surface area contributed by atoms with E-state index < -0.39 is 4.92 Å². The van der Waals surface area contributed by atoms with Gasteiger partial charge in [-0.25, -0.2) is 0 Å². The van der Waals surface area contributed by atoms with E-state index in [1.165, 1.54) is 12.1 Å². The molecule has 1 amide bonds. The van der Waals surface area contributed by atoms with Gasteiger partial charge < -0.3 is 10.6 Å². The predicted octanol–water partition coefficient (Wildman–Crippen LogP) is 2.51. The predicted molar refractivity (Wildman–Crippen MR) is 82.6 cm³/mol. The summed E-state index contributed by atoms with van der Waals surface area (Å²) in [5, 5.41) is 16.5. The van der Waals surface area contributed by atoms with Gasteiger partial charge in [-0.1, -0.05) is 0 Å². The van der Waals surface area contributed by atoms with Crippen LogP contribution in [0.25, 0.3) is 0 Å². The second-order valence-electron chi connectivity index (χ2n) is 4.39. The van der Waals surface area contributed by atoms with Crippen molar-refractivity contribution < 1.29 is 9.72 Å². The van der Waals surface area contributed by atoms with E-state index in [9.17, 15) is 14.9 Å². The van der Waals surface area contributed by atoms with Gasteiger partial charge in [0.1, 0.15) is 0 Å². The number of benzene rings is 1. The molecule has 0 heterocycles. The molecule has 0 spiro atoms. The summed E-state index contributed by atoms with van der Waals surface area (Å²) in [5.74, 6) is 0.654. The third-order valence-corrected chi connectivity index (χ3v) is 3.50. The van der Waals surface area contributed by atoms with E-state index in [1.54, 1.807) is 24.9 Å². The molecule has 20 heavy (non-hydrogen) atoms. The molecule has 1 unspecified atom stereocenters. The Bertz CT molecular complexity index is 494. The Balaban J connectivity index is 2.89. The molecule has 0 bridgehead atoms. The van der Waals surface area contributed by atoms with Crippen LogP contribution >= 0.6 is 11.8 Å². The number of anilines is 1. The van der Waals surface area contributed by atoms with Crippen LogP contribution in [0.2, 0.25) is 0 Å². The zero-order valence-electron chi connectivity index (χ0n) is 11.8. The summed E-state index contributed by atoms with van der Waals surface area (Å²) in [6.45, 7) is 1.92. The first-order valence-electron chi connectivity index (χ1n) is 6.25. The van der Waals surface area contributed by atoms with Crippen LogP contribution in [0.3, 0.4) is 0 Å². The number of nitro benzene ring substituents is 1. The molecule has 0 saturated carbocycles. The topological polar surface area (TPSA) is 84.3 Å². The average molecular weight is 297 g/mol. The number of nitrogens with one attached hydrogen (secondary N) is 2. The minimum atomic E-state index is -0.507. The first kappa shape index (κ1) is 16.3. The number of carbonyl (C=O) groups excluding carboxylic acids is 1. The molecule has 1 aromatic carbocycles. The lowest BCUT2D eigenvalue weighted by atomic mass is 10.1. The van der Waals surface area contributed by atoms with E-state index in [-0.39, 0.29) is 23.2 Å². The van der Waals surface area contributed by atoms with Crippen molar-refractivity contribution in [1.29, 1.82) is 0 Å². The fourth-order valence-electron chi connectivity index (χ4n) is 1.72. The maximum absolute atomic E-state index is 12.2. The van der Waals surface area contributed by atoms with Gasteiger partial charge >= 0.3 is 0 Å². The van der Waals surface area contributed by atoms with Crippen molar-refractivity contribution >= 4 is 29.0 Å². The number of nitrogens with zero attached hydrogens (tertiary/aromatic N) is 1. The van der Waals surface area contributed by atoms with Crippen LogP contribution in [0.1, 0.15) is 23.7 Å². The lowest BCUT2D eigenvalue weighted by Crippen LogP contribution is -2.33. The Labute approximate surface area is 122 Å². The van der Waals surface area contributed by atoms with Crippen LogP contribution in [-0.2, 0) is 0 Å². The molecule has 0 aliphatic heterocycles. The summed E-state index contributed by atoms with van der Waals surface area (Å²) >= 11 is 1.71. The van der Waals surface area contributed by atoms with Gasteiger partial charge in [0.25, 0.3) is 11.6 Å². The lowest BCUT2D eigenvalue weighted by molar-refractivity contribution is -0.384. The number of non-ortho nitro benzene ring substituents is 1. The maximum atomic E-state index is 12.2. The molecule has 0 aromatic heterocycles. The quantitative estimate of drug-likeness (QED) is 0.596. The molecular formula is C13H19N3O3S. The number of amides is 1. The van der Waals surface area contributed by atoms with E-state index >= 15 is 0 Å². The van der Waals surface area contributed by atoms with Crippen LogP contribution < -0.4 is 10.6 Å². The van der Waals surface area contributed by atoms with Gasteiger partial charge in [0.2, 0.25) is 0 Å². The van der Waals surface area contributed by atoms with E-state index in [4.69, 9.17) is 0 Å². The summed E-state index contributed by atoms with van der Waals surface area (Å²) in [4.78, 5) is 22.5. The Morgan fingerprint density at radius 3 is 2.75 bits per heavy atom. The lowest BCUT2D eigenvalue weighted by Gasteiger charge is -2.15. The summed E-state index contributed by atoms with van der Waals surface area (Å²) in [5.41, 5.74) is 0.772. The second-order valence-corrected chi connectivity index (χ2v) is 5.38. The largest absolute Gasteiger partial charge is 0.387 e. The Kier molecular flexibility index (Phi) is 6.30. The van der Waals surface area contributed by atoms with Crippen LogP contribution in [0.15, 0.2) is 18.2 Å². The standard InChI is InChI=1S/C13H19N3O3S/c1-9(6-7-20-3)15-13(17)11-8-10(16(18)19)4-5-12(11)14-2/h4-5,8-9,14H,6-7H2,1-3H3,(H,15,17). The third kappa shape index (κ3) is 4.41. The number of rotatable bonds is 7. The highest BCUT2D eigenvalue weighted by Gasteiger charge is 2.17. The summed E-state index contributed by atoms with van der Waals surface area (Å²) in [6, 6.07) is 4.24. The molecule has 0 aliphatic carbocycles. The van der Waals surface area contributed by atoms with E-state index in [0.29, 0.717) is 5.69 Å². The van der Waals surface area contributed by atoms with E-state index in [0.717, 1.165) is 12.2 Å². The average Bonchev–Trinajstić information content (AvgIpc) is 2.44. The Morgan fingerprint density at radius 1 is 1.50 bits per heavy atom. The van der Waals surface area contributed by atoms with Gasteiger partial charge in [0, 0.05) is 30.9 Å². The Hall–Kier alpha value is -1.76. The smallest absolute Gasteiger partial charge is 0.270 e. The van der Waals surface area contributed by atoms with Crippen molar-refractivity contribution in [3.63, 3.8) is 0 Å². The van der Waals surface area contributed by atoms with Crippen LogP contribution in [0, 0.1) is 10.1 Å². The van der Waals surface area contributed by atoms with Crippen LogP contribution in [0.5, 0.6) is 0 Å². The molecule has 1 atom stereocenters. The fraction of sp³-hybridized carbons (Fsp3) is 0.462. The van der Waals surface area contributed by atoms with E-state index in [1.807, 2.05) is 13.2 Å². The number of hydrogen-bond acceptors (Lipinski definition) is 5. The number of thioether (sulfide) groups is 1. The zero-order chi connectivity index (χ0) is 15.1. The van der Waals surface area contributed by atoms with Crippen molar-refractivity contribution in [3.05, 3.63) is 33.9 Å². The normalized spacial score (nSPS) is 11.8. The molecule has 110 valence electrons. The van der Waals surface area contributed by atoms with Crippen LogP contribution in [-0.4, -0.2) is 35.9 Å². The highest BCUT2D eigenvalue weighted by molar-refractivity contribution is 7.98. The molecule has 6 nitrogen and oxygen atoms in total. The highest BCUT2D eigenvalue weighted by Crippen LogP contribution is 2.22. The fourth-order valence-corrected chi connectivity index (χ4v) is 2.31. The van der Waals surface area contributed by atoms with Gasteiger partial charge in [-0.05, 0) is 31.4 Å². The number of hydrogen-bond donors (Lipinski definition) is 2. The van der Waals surface area contributed by atoms with Gasteiger partial charge in [0.15, 0.2) is 0 Å². The molecule has 1 aromatic rings. The molecule has 0 aliphatic rings. The van der Waals surface area contributed by atoms with Crippen molar-refractivity contribution in [3.8, 4) is 0 Å². The summed E-state index contributed by atoms with van der Waals surface area (Å²) in [6.07, 6.45) is 2.87. The minimum Gasteiger partial charge on any atom is -0.387 e. The maximum Gasteiger partial charge on any atom is 0.270 e. The van der Waals surface area contributed by atoms with Crippen molar-refractivity contribution in [2.45, 2.75) is 19.4 Å². The van der Waals surface area contributed by atoms with Crippen molar-refractivity contribution in [2.75, 3.05) is 24.4 Å². The van der Waals surface area contributed by atoms with Crippen molar-refractivity contribution in [2.24, 2.45) is 0 Å². The van der Waals surface area contributed by atoms with Crippen LogP contribution in [0.4, 0.5) is 11.4 Å². The second kappa shape index (κ2) is 7.74. The van der Waals surface area contributed by atoms with Gasteiger partial charge in [-0.3, -0.25) is 14.9 Å². The molecule has 0 fully saturated rings. The van der Waals surface area contributed by atoms with Crippen molar-refractivity contribution in [1.82, 2.24) is 5.32 Å².